The fraction of sp³-hybridized carbons (Fsp3) is 0.583. The standard InChI is InChI=1S/C12H17NOS/c1-12(2,3)11-9-6-8(7-14)15-10(9)4-5-13-11/h6,14H,4-5,7H2,1-3H3. The summed E-state index contributed by atoms with van der Waals surface area (Å²) >= 11 is 1.72. The molecule has 0 aliphatic carbocycles. The van der Waals surface area contributed by atoms with E-state index >= 15 is 0 Å². The third-order valence-electron chi connectivity index (χ3n) is 2.59. The molecular weight excluding hydrogens is 206 g/mol. The maximum Gasteiger partial charge on any atom is 0.0774 e. The highest BCUT2D eigenvalue weighted by molar-refractivity contribution is 7.12. The van der Waals surface area contributed by atoms with Crippen LogP contribution in [0, 0.1) is 5.41 Å². The normalized spacial score (nSPS) is 16.1. The Morgan fingerprint density at radius 2 is 2.20 bits per heavy atom. The summed E-state index contributed by atoms with van der Waals surface area (Å²) in [5.74, 6) is 0. The first-order valence-electron chi connectivity index (χ1n) is 5.30. The maximum absolute atomic E-state index is 9.15. The number of aliphatic hydroxyl groups is 1. The van der Waals surface area contributed by atoms with Crippen molar-refractivity contribution in [3.63, 3.8) is 0 Å². The highest BCUT2D eigenvalue weighted by Crippen LogP contribution is 2.32. The Labute approximate surface area is 94.7 Å². The van der Waals surface area contributed by atoms with E-state index in [4.69, 9.17) is 5.11 Å². The van der Waals surface area contributed by atoms with Crippen molar-refractivity contribution in [2.45, 2.75) is 33.8 Å². The molecule has 0 amide bonds. The fourth-order valence-corrected chi connectivity index (χ4v) is 2.96. The molecule has 0 saturated carbocycles. The first-order chi connectivity index (χ1) is 7.02. The molecule has 0 spiro atoms. The third-order valence-corrected chi connectivity index (χ3v) is 3.77. The Hall–Kier alpha value is -0.670. The molecule has 0 radical (unpaired) electrons. The topological polar surface area (TPSA) is 32.6 Å². The molecule has 1 aromatic heterocycles. The van der Waals surface area contributed by atoms with Crippen molar-refractivity contribution in [1.29, 1.82) is 0 Å². The predicted octanol–water partition coefficient (Wildman–Crippen LogP) is 2.63. The molecule has 0 unspecified atom stereocenters. The first-order valence-corrected chi connectivity index (χ1v) is 6.12. The second-order valence-electron chi connectivity index (χ2n) is 4.94. The molecule has 1 N–H and O–H groups in total. The first kappa shape index (κ1) is 10.8. The van der Waals surface area contributed by atoms with Crippen LogP contribution in [0.2, 0.25) is 0 Å². The minimum absolute atomic E-state index is 0.100. The van der Waals surface area contributed by atoms with Gasteiger partial charge in [0.05, 0.1) is 6.61 Å². The van der Waals surface area contributed by atoms with Gasteiger partial charge in [0.1, 0.15) is 0 Å². The SMILES string of the molecule is CC(C)(C)C1=NCCc2sc(CO)cc21. The molecule has 2 rings (SSSR count). The zero-order valence-corrected chi connectivity index (χ0v) is 10.3. The highest BCUT2D eigenvalue weighted by atomic mass is 32.1. The van der Waals surface area contributed by atoms with Gasteiger partial charge in [-0.2, -0.15) is 0 Å². The van der Waals surface area contributed by atoms with E-state index < -0.39 is 0 Å². The van der Waals surface area contributed by atoms with E-state index in [9.17, 15) is 0 Å². The molecule has 0 aromatic carbocycles. The number of aliphatic hydroxyl groups excluding tert-OH is 1. The van der Waals surface area contributed by atoms with Crippen LogP contribution in [0.15, 0.2) is 11.1 Å². The summed E-state index contributed by atoms with van der Waals surface area (Å²) in [6.07, 6.45) is 1.03. The molecule has 1 aliphatic heterocycles. The average molecular weight is 223 g/mol. The van der Waals surface area contributed by atoms with Crippen LogP contribution in [0.1, 0.15) is 36.1 Å². The quantitative estimate of drug-likeness (QED) is 0.780. The van der Waals surface area contributed by atoms with E-state index in [1.807, 2.05) is 0 Å². The molecule has 3 heteroatoms. The molecule has 2 heterocycles. The molecule has 1 aliphatic rings. The number of rotatable bonds is 1. The molecule has 15 heavy (non-hydrogen) atoms. The summed E-state index contributed by atoms with van der Waals surface area (Å²) < 4.78 is 0. The van der Waals surface area contributed by atoms with E-state index in [1.54, 1.807) is 11.3 Å². The van der Waals surface area contributed by atoms with Crippen LogP contribution in [0.3, 0.4) is 0 Å². The lowest BCUT2D eigenvalue weighted by Gasteiger charge is -2.24. The summed E-state index contributed by atoms with van der Waals surface area (Å²) in [6.45, 7) is 7.62. The van der Waals surface area contributed by atoms with E-state index in [0.29, 0.717) is 0 Å². The van der Waals surface area contributed by atoms with Gasteiger partial charge in [-0.15, -0.1) is 11.3 Å². The number of thiophene rings is 1. The Kier molecular flexibility index (Phi) is 2.69. The van der Waals surface area contributed by atoms with Crippen LogP contribution in [-0.2, 0) is 13.0 Å². The van der Waals surface area contributed by atoms with Crippen molar-refractivity contribution in [2.24, 2.45) is 10.4 Å². The Morgan fingerprint density at radius 3 is 2.80 bits per heavy atom. The molecule has 0 saturated heterocycles. The number of hydrogen-bond acceptors (Lipinski definition) is 3. The van der Waals surface area contributed by atoms with Crippen LogP contribution in [-0.4, -0.2) is 17.4 Å². The maximum atomic E-state index is 9.15. The van der Waals surface area contributed by atoms with Gasteiger partial charge in [0.25, 0.3) is 0 Å². The lowest BCUT2D eigenvalue weighted by Crippen LogP contribution is -2.25. The van der Waals surface area contributed by atoms with E-state index in [2.05, 4.69) is 31.8 Å². The van der Waals surface area contributed by atoms with Gasteiger partial charge in [0.15, 0.2) is 0 Å². The number of nitrogens with zero attached hydrogens (tertiary/aromatic N) is 1. The monoisotopic (exact) mass is 223 g/mol. The lowest BCUT2D eigenvalue weighted by atomic mass is 9.84. The second-order valence-corrected chi connectivity index (χ2v) is 6.16. The smallest absolute Gasteiger partial charge is 0.0774 e. The third kappa shape index (κ3) is 1.99. The average Bonchev–Trinajstić information content (AvgIpc) is 2.57. The summed E-state index contributed by atoms with van der Waals surface area (Å²) in [6, 6.07) is 2.10. The number of fused-ring (bicyclic) bond motifs is 1. The molecule has 0 atom stereocenters. The van der Waals surface area contributed by atoms with Crippen molar-refractivity contribution in [3.05, 3.63) is 21.4 Å². The highest BCUT2D eigenvalue weighted by Gasteiger charge is 2.26. The molecule has 2 nitrogen and oxygen atoms in total. The molecular formula is C12H17NOS. The predicted molar refractivity (Wildman–Crippen MR) is 64.8 cm³/mol. The van der Waals surface area contributed by atoms with Gasteiger partial charge in [-0.3, -0.25) is 4.99 Å². The van der Waals surface area contributed by atoms with E-state index in [0.717, 1.165) is 17.8 Å². The van der Waals surface area contributed by atoms with Gasteiger partial charge in [0, 0.05) is 39.4 Å². The second kappa shape index (κ2) is 3.72. The van der Waals surface area contributed by atoms with Crippen molar-refractivity contribution in [1.82, 2.24) is 0 Å². The van der Waals surface area contributed by atoms with Gasteiger partial charge in [-0.25, -0.2) is 0 Å². The zero-order valence-electron chi connectivity index (χ0n) is 9.50. The van der Waals surface area contributed by atoms with Crippen molar-refractivity contribution < 1.29 is 5.11 Å². The van der Waals surface area contributed by atoms with Gasteiger partial charge in [0.2, 0.25) is 0 Å². The van der Waals surface area contributed by atoms with Gasteiger partial charge in [-0.05, 0) is 6.07 Å². The van der Waals surface area contributed by atoms with Crippen LogP contribution in [0.4, 0.5) is 0 Å². The van der Waals surface area contributed by atoms with Crippen molar-refractivity contribution in [3.8, 4) is 0 Å². The minimum Gasteiger partial charge on any atom is -0.391 e. The largest absolute Gasteiger partial charge is 0.391 e. The lowest BCUT2D eigenvalue weighted by molar-refractivity contribution is 0.285. The summed E-state index contributed by atoms with van der Waals surface area (Å²) in [5, 5.41) is 9.15. The molecule has 82 valence electrons. The Balaban J connectivity index is 2.46. The van der Waals surface area contributed by atoms with Crippen molar-refractivity contribution >= 4 is 17.0 Å². The molecule has 0 fully saturated rings. The van der Waals surface area contributed by atoms with Crippen LogP contribution >= 0.6 is 11.3 Å². The van der Waals surface area contributed by atoms with Crippen LogP contribution < -0.4 is 0 Å². The fourth-order valence-electron chi connectivity index (χ4n) is 1.94. The van der Waals surface area contributed by atoms with E-state index in [1.165, 1.54) is 16.2 Å². The number of aliphatic imine (C=N–C) groups is 1. The summed E-state index contributed by atoms with van der Waals surface area (Å²) in [4.78, 5) is 7.07. The summed E-state index contributed by atoms with van der Waals surface area (Å²) in [5.41, 5.74) is 2.56. The Morgan fingerprint density at radius 1 is 1.47 bits per heavy atom. The van der Waals surface area contributed by atoms with Crippen LogP contribution in [0.5, 0.6) is 0 Å². The minimum atomic E-state index is 0.100. The zero-order chi connectivity index (χ0) is 11.1. The van der Waals surface area contributed by atoms with Crippen LogP contribution in [0.25, 0.3) is 0 Å². The summed E-state index contributed by atoms with van der Waals surface area (Å²) in [7, 11) is 0. The van der Waals surface area contributed by atoms with Crippen molar-refractivity contribution in [2.75, 3.05) is 6.54 Å². The van der Waals surface area contributed by atoms with E-state index in [-0.39, 0.29) is 12.0 Å². The van der Waals surface area contributed by atoms with Gasteiger partial charge >= 0.3 is 0 Å². The molecule has 0 bridgehead atoms. The molecule has 1 aromatic rings. The number of hydrogen-bond donors (Lipinski definition) is 1. The van der Waals surface area contributed by atoms with Gasteiger partial charge < -0.3 is 5.11 Å². The van der Waals surface area contributed by atoms with Gasteiger partial charge in [-0.1, -0.05) is 20.8 Å². The Bertz CT molecular complexity index is 398.